The molecule has 332 valence electrons. The molecule has 3 atom stereocenters. The largest absolute Gasteiger partial charge is 0.481 e. The minimum absolute atomic E-state index is 0.0181. The number of rotatable bonds is 22. The van der Waals surface area contributed by atoms with Gasteiger partial charge in [0.05, 0.1) is 18.5 Å². The maximum absolute atomic E-state index is 14.5. The number of aliphatic carboxylic acids is 1. The molecule has 0 aliphatic carbocycles. The van der Waals surface area contributed by atoms with Gasteiger partial charge in [-0.25, -0.2) is 20.3 Å². The Kier molecular flexibility index (Phi) is 17.8. The topological polar surface area (TPSA) is 272 Å². The summed E-state index contributed by atoms with van der Waals surface area (Å²) in [7, 11) is 0. The number of carboxylic acid groups (broad SMARTS) is 1. The van der Waals surface area contributed by atoms with E-state index in [1.54, 1.807) is 30.3 Å². The van der Waals surface area contributed by atoms with Gasteiger partial charge in [0.15, 0.2) is 5.03 Å². The van der Waals surface area contributed by atoms with Crippen molar-refractivity contribution in [2.24, 2.45) is 15.9 Å². The number of carboxylic acids is 1. The van der Waals surface area contributed by atoms with E-state index in [2.05, 4.69) is 42.2 Å². The van der Waals surface area contributed by atoms with Crippen LogP contribution in [0.25, 0.3) is 10.8 Å². The summed E-state index contributed by atoms with van der Waals surface area (Å²) in [6.45, 7) is 0.117. The van der Waals surface area contributed by atoms with Crippen LogP contribution < -0.4 is 37.7 Å². The lowest BCUT2D eigenvalue weighted by molar-refractivity contribution is -0.485. The molecule has 0 saturated carbocycles. The molecule has 18 heteroatoms. The van der Waals surface area contributed by atoms with Gasteiger partial charge in [0.1, 0.15) is 17.2 Å². The number of fused-ring (bicyclic) bond motifs is 1. The molecule has 0 fully saturated rings. The lowest BCUT2D eigenvalue weighted by atomic mass is 9.97. The van der Waals surface area contributed by atoms with Gasteiger partial charge < -0.3 is 37.4 Å². The number of amides is 5. The number of hydrazone groups is 2. The Hall–Kier alpha value is -8.15. The van der Waals surface area contributed by atoms with Crippen LogP contribution in [0.15, 0.2) is 144 Å². The number of carbonyl (C=O) groups is 5. The highest BCUT2D eigenvalue weighted by Crippen LogP contribution is 2.22. The maximum Gasteiger partial charge on any atom is 0.335 e. The zero-order valence-corrected chi connectivity index (χ0v) is 34.8. The van der Waals surface area contributed by atoms with Crippen molar-refractivity contribution in [3.8, 4) is 0 Å². The molecule has 0 bridgehead atoms. The molecular weight excluding hydrogens is 821 g/mol. The lowest BCUT2D eigenvalue weighted by Crippen LogP contribution is -2.56. The third-order valence-electron chi connectivity index (χ3n) is 9.91. The van der Waals surface area contributed by atoms with E-state index >= 15 is 0 Å². The van der Waals surface area contributed by atoms with Crippen molar-refractivity contribution >= 4 is 52.7 Å². The summed E-state index contributed by atoms with van der Waals surface area (Å²) >= 11 is 0. The van der Waals surface area contributed by atoms with Crippen LogP contribution in [0.5, 0.6) is 0 Å². The van der Waals surface area contributed by atoms with Gasteiger partial charge in [0, 0.05) is 32.0 Å². The first-order chi connectivity index (χ1) is 30.9. The zero-order chi connectivity index (χ0) is 45.7. The smallest absolute Gasteiger partial charge is 0.335 e. The number of nitrogens with one attached hydrogen (secondary N) is 6. The molecule has 5 aromatic rings. The van der Waals surface area contributed by atoms with Crippen molar-refractivity contribution < 1.29 is 34.1 Å². The van der Waals surface area contributed by atoms with E-state index in [9.17, 15) is 34.1 Å². The van der Waals surface area contributed by atoms with Crippen LogP contribution in [-0.4, -0.2) is 76.7 Å². The fourth-order valence-electron chi connectivity index (χ4n) is 6.85. The highest BCUT2D eigenvalue weighted by molar-refractivity contribution is 5.94. The second-order valence-electron chi connectivity index (χ2n) is 14.6. The van der Waals surface area contributed by atoms with Crippen LogP contribution in [0, 0.1) is 10.1 Å². The van der Waals surface area contributed by atoms with E-state index < -0.39 is 71.3 Å². The lowest BCUT2D eigenvalue weighted by Gasteiger charge is -2.25. The predicted octanol–water partition coefficient (Wildman–Crippen LogP) is 3.90. The van der Waals surface area contributed by atoms with Gasteiger partial charge in [0.25, 0.3) is 5.96 Å². The number of nitro groups is 1. The van der Waals surface area contributed by atoms with E-state index in [0.29, 0.717) is 5.56 Å². The van der Waals surface area contributed by atoms with Crippen molar-refractivity contribution in [3.63, 3.8) is 0 Å². The van der Waals surface area contributed by atoms with Crippen molar-refractivity contribution in [3.05, 3.63) is 166 Å². The Morgan fingerprint density at radius 2 is 1.30 bits per heavy atom. The van der Waals surface area contributed by atoms with Crippen LogP contribution >= 0.6 is 0 Å². The molecule has 0 aliphatic rings. The van der Waals surface area contributed by atoms with Gasteiger partial charge in [-0.1, -0.05) is 133 Å². The van der Waals surface area contributed by atoms with Gasteiger partial charge in [-0.05, 0) is 45.9 Å². The van der Waals surface area contributed by atoms with Gasteiger partial charge in [-0.3, -0.25) is 19.2 Å². The molecule has 18 nitrogen and oxygen atoms in total. The van der Waals surface area contributed by atoms with Crippen molar-refractivity contribution in [2.75, 3.05) is 6.54 Å². The van der Waals surface area contributed by atoms with Gasteiger partial charge in [-0.15, -0.1) is 0 Å². The summed E-state index contributed by atoms with van der Waals surface area (Å²) in [5, 5.41) is 41.9. The Bertz CT molecular complexity index is 2370. The predicted molar refractivity (Wildman–Crippen MR) is 241 cm³/mol. The SMILES string of the molecule is N/C(=N/[N+](=O)[O-])NCCC[C@@H](/C=N/NC(=O)NC(c1ccccc1)c1ccccc1)NC(=O)C(Cc1cccc2ccccc12)NC(=O)C(Cc1ccccc1)NC(=O)CCC(=O)O. The van der Waals surface area contributed by atoms with Crippen LogP contribution in [0.2, 0.25) is 0 Å². The molecule has 0 aromatic heterocycles. The molecule has 5 aromatic carbocycles. The van der Waals surface area contributed by atoms with E-state index in [1.165, 1.54) is 6.21 Å². The van der Waals surface area contributed by atoms with E-state index in [1.807, 2.05) is 103 Å². The van der Waals surface area contributed by atoms with Crippen LogP contribution in [0.3, 0.4) is 0 Å². The summed E-state index contributed by atoms with van der Waals surface area (Å²) in [4.78, 5) is 76.8. The number of benzene rings is 5. The fraction of sp³-hybridized carbons (Fsp3) is 0.239. The highest BCUT2D eigenvalue weighted by Gasteiger charge is 2.29. The molecule has 0 heterocycles. The zero-order valence-electron chi connectivity index (χ0n) is 34.8. The first-order valence-corrected chi connectivity index (χ1v) is 20.5. The highest BCUT2D eigenvalue weighted by atomic mass is 16.7. The number of nitrogens with zero attached hydrogens (tertiary/aromatic N) is 3. The molecule has 64 heavy (non-hydrogen) atoms. The number of nitrogens with two attached hydrogens (primary N) is 1. The van der Waals surface area contributed by atoms with Gasteiger partial charge >= 0.3 is 12.0 Å². The summed E-state index contributed by atoms with van der Waals surface area (Å²) in [6, 6.07) is 36.3. The second kappa shape index (κ2) is 24.3. The Balaban J connectivity index is 1.39. The number of carbonyl (C=O) groups excluding carboxylic acids is 4. The van der Waals surface area contributed by atoms with Crippen molar-refractivity contribution in [2.45, 2.75) is 62.7 Å². The van der Waals surface area contributed by atoms with Gasteiger partial charge in [-0.2, -0.15) is 5.10 Å². The van der Waals surface area contributed by atoms with Crippen molar-refractivity contribution in [1.82, 2.24) is 32.0 Å². The molecule has 0 saturated heterocycles. The summed E-state index contributed by atoms with van der Waals surface area (Å²) in [5.41, 5.74) is 11.2. The monoisotopic (exact) mass is 870 g/mol. The van der Waals surface area contributed by atoms with E-state index in [-0.39, 0.29) is 38.6 Å². The van der Waals surface area contributed by atoms with Gasteiger partial charge in [0.2, 0.25) is 17.7 Å². The van der Waals surface area contributed by atoms with Crippen LogP contribution in [0.1, 0.15) is 54.0 Å². The summed E-state index contributed by atoms with van der Waals surface area (Å²) < 4.78 is 0. The Morgan fingerprint density at radius 3 is 1.95 bits per heavy atom. The standard InChI is InChI=1S/C46H50N10O8/c47-45(55-56(63)64)48-27-13-23-36(30-49-54-46(62)53-42(33-17-6-2-7-18-33)34-19-8-3-9-20-34)50-43(60)39(29-35-22-12-21-32-16-10-11-24-37(32)35)52-44(61)38(28-31-14-4-1-5-15-31)51-40(57)25-26-41(58)59/h1-12,14-22,24,30,36,38-39,42H,13,23,25-29H2,(H,50,60)(H,51,57)(H,52,61)(H,58,59)(H3,47,48,55)(H2,53,54,62)/b49-30+/t36-,38?,39?/m0/s1. The Morgan fingerprint density at radius 1 is 0.703 bits per heavy atom. The molecule has 9 N–H and O–H groups in total. The normalized spacial score (nSPS) is 12.7. The molecule has 5 rings (SSSR count). The molecular formula is C46H50N10O8. The number of urea groups is 1. The quantitative estimate of drug-likeness (QED) is 0.0163. The third-order valence-corrected chi connectivity index (χ3v) is 9.91. The second-order valence-corrected chi connectivity index (χ2v) is 14.6. The van der Waals surface area contributed by atoms with Crippen LogP contribution in [0.4, 0.5) is 4.79 Å². The van der Waals surface area contributed by atoms with E-state index in [0.717, 1.165) is 27.5 Å². The number of hydrogen-bond donors (Lipinski definition) is 8. The average Bonchev–Trinajstić information content (AvgIpc) is 3.29. The molecule has 0 spiro atoms. The van der Waals surface area contributed by atoms with Crippen molar-refractivity contribution in [1.29, 1.82) is 0 Å². The summed E-state index contributed by atoms with van der Waals surface area (Å²) in [5.74, 6) is -3.56. The average molecular weight is 871 g/mol. The van der Waals surface area contributed by atoms with Crippen LogP contribution in [-0.2, 0) is 32.0 Å². The fourth-order valence-corrected chi connectivity index (χ4v) is 6.85. The minimum Gasteiger partial charge on any atom is -0.481 e. The minimum atomic E-state index is -1.22. The first-order valence-electron chi connectivity index (χ1n) is 20.5. The molecule has 0 aliphatic heterocycles. The molecule has 5 amide bonds. The molecule has 0 radical (unpaired) electrons. The maximum atomic E-state index is 14.5. The number of guanidine groups is 1. The molecule has 2 unspecified atom stereocenters. The summed E-state index contributed by atoms with van der Waals surface area (Å²) in [6.07, 6.45) is 1.04. The third kappa shape index (κ3) is 15.4. The Labute approximate surface area is 368 Å². The first kappa shape index (κ1) is 46.9. The van der Waals surface area contributed by atoms with E-state index in [4.69, 9.17) is 10.8 Å². The number of hydrogen-bond acceptors (Lipinski definition) is 8.